The van der Waals surface area contributed by atoms with Crippen LogP contribution in [-0.4, -0.2) is 39.6 Å². The van der Waals surface area contributed by atoms with Crippen molar-refractivity contribution in [3.05, 3.63) is 23.0 Å². The molecule has 1 aliphatic heterocycles. The third-order valence-electron chi connectivity index (χ3n) is 3.16. The molecular formula is C12H16O5. The Morgan fingerprint density at radius 2 is 2.24 bits per heavy atom. The van der Waals surface area contributed by atoms with Crippen LogP contribution >= 0.6 is 0 Å². The van der Waals surface area contributed by atoms with Gasteiger partial charge in [-0.15, -0.1) is 0 Å². The smallest absolute Gasteiger partial charge is 0.342 e. The molecule has 5 heteroatoms. The molecule has 0 amide bonds. The standard InChI is InChI=1S/C12H16O5/c1-2-6(13)5-9-7-3-4-8(14)11(15)10(7)12(16)17-9/h5-6,8,11,13-15H,2-4H2,1H3/b9-5-. The number of esters is 1. The third-order valence-corrected chi connectivity index (χ3v) is 3.16. The fourth-order valence-electron chi connectivity index (χ4n) is 2.10. The van der Waals surface area contributed by atoms with E-state index in [0.717, 1.165) is 0 Å². The summed E-state index contributed by atoms with van der Waals surface area (Å²) in [5.74, 6) is -0.300. The Labute approximate surface area is 99.0 Å². The van der Waals surface area contributed by atoms with E-state index in [1.807, 2.05) is 6.92 Å². The fourth-order valence-corrected chi connectivity index (χ4v) is 2.10. The monoisotopic (exact) mass is 240 g/mol. The average molecular weight is 240 g/mol. The van der Waals surface area contributed by atoms with E-state index in [1.165, 1.54) is 6.08 Å². The first-order valence-electron chi connectivity index (χ1n) is 5.76. The van der Waals surface area contributed by atoms with Crippen molar-refractivity contribution < 1.29 is 24.9 Å². The van der Waals surface area contributed by atoms with Gasteiger partial charge in [0.15, 0.2) is 0 Å². The van der Waals surface area contributed by atoms with Crippen LogP contribution in [0.3, 0.4) is 0 Å². The zero-order chi connectivity index (χ0) is 12.6. The number of carbonyl (C=O) groups is 1. The Morgan fingerprint density at radius 1 is 1.53 bits per heavy atom. The predicted octanol–water partition coefficient (Wildman–Crippen LogP) is 0.0102. The summed E-state index contributed by atoms with van der Waals surface area (Å²) in [7, 11) is 0. The van der Waals surface area contributed by atoms with Gasteiger partial charge in [-0.05, 0) is 25.3 Å². The lowest BCUT2D eigenvalue weighted by Gasteiger charge is -2.22. The SMILES string of the molecule is CCC(O)/C=C1\OC(=O)C2=C1CCC(O)C2O. The molecule has 2 rings (SSSR count). The highest BCUT2D eigenvalue weighted by Gasteiger charge is 2.40. The van der Waals surface area contributed by atoms with Gasteiger partial charge >= 0.3 is 5.97 Å². The van der Waals surface area contributed by atoms with E-state index >= 15 is 0 Å². The van der Waals surface area contributed by atoms with Crippen LogP contribution in [0.1, 0.15) is 26.2 Å². The molecule has 5 nitrogen and oxygen atoms in total. The normalized spacial score (nSPS) is 32.7. The molecule has 3 unspecified atom stereocenters. The van der Waals surface area contributed by atoms with Gasteiger partial charge in [0.2, 0.25) is 0 Å². The van der Waals surface area contributed by atoms with Crippen LogP contribution in [0.25, 0.3) is 0 Å². The lowest BCUT2D eigenvalue weighted by Crippen LogP contribution is -2.33. The second-order valence-corrected chi connectivity index (χ2v) is 4.34. The minimum atomic E-state index is -1.18. The van der Waals surface area contributed by atoms with E-state index < -0.39 is 24.3 Å². The summed E-state index contributed by atoms with van der Waals surface area (Å²) < 4.78 is 5.02. The van der Waals surface area contributed by atoms with Crippen molar-refractivity contribution in [3.8, 4) is 0 Å². The molecule has 0 aromatic heterocycles. The Bertz CT molecular complexity index is 396. The molecule has 0 saturated carbocycles. The quantitative estimate of drug-likeness (QED) is 0.592. The summed E-state index contributed by atoms with van der Waals surface area (Å²) in [6.07, 6.45) is 0.0818. The van der Waals surface area contributed by atoms with Crippen molar-refractivity contribution in [2.75, 3.05) is 0 Å². The van der Waals surface area contributed by atoms with Gasteiger partial charge in [0, 0.05) is 5.57 Å². The third kappa shape index (κ3) is 2.13. The maximum absolute atomic E-state index is 11.6. The number of hydrogen-bond donors (Lipinski definition) is 3. The molecule has 0 saturated heterocycles. The number of hydrogen-bond acceptors (Lipinski definition) is 5. The number of aliphatic hydroxyl groups is 3. The summed E-state index contributed by atoms with van der Waals surface area (Å²) in [6.45, 7) is 1.81. The second-order valence-electron chi connectivity index (χ2n) is 4.34. The number of ether oxygens (including phenoxy) is 1. The van der Waals surface area contributed by atoms with E-state index in [4.69, 9.17) is 4.74 Å². The lowest BCUT2D eigenvalue weighted by atomic mass is 9.87. The molecule has 17 heavy (non-hydrogen) atoms. The molecule has 0 aromatic carbocycles. The summed E-state index contributed by atoms with van der Waals surface area (Å²) in [5.41, 5.74) is 0.749. The number of rotatable bonds is 2. The molecule has 0 fully saturated rings. The summed E-state index contributed by atoms with van der Waals surface area (Å²) in [5, 5.41) is 28.7. The molecule has 0 aromatic rings. The van der Waals surface area contributed by atoms with Crippen molar-refractivity contribution in [2.24, 2.45) is 0 Å². The number of carbonyl (C=O) groups excluding carboxylic acids is 1. The molecule has 3 atom stereocenters. The highest BCUT2D eigenvalue weighted by molar-refractivity contribution is 5.96. The van der Waals surface area contributed by atoms with Crippen molar-refractivity contribution in [3.63, 3.8) is 0 Å². The molecule has 2 aliphatic rings. The van der Waals surface area contributed by atoms with Crippen LogP contribution in [-0.2, 0) is 9.53 Å². The average Bonchev–Trinajstić information content (AvgIpc) is 2.61. The van der Waals surface area contributed by atoms with E-state index in [9.17, 15) is 20.1 Å². The largest absolute Gasteiger partial charge is 0.423 e. The van der Waals surface area contributed by atoms with Crippen LogP contribution in [0.5, 0.6) is 0 Å². The predicted molar refractivity (Wildman–Crippen MR) is 58.7 cm³/mol. The molecule has 94 valence electrons. The van der Waals surface area contributed by atoms with Crippen LogP contribution in [0.15, 0.2) is 23.0 Å². The summed E-state index contributed by atoms with van der Waals surface area (Å²) in [6, 6.07) is 0. The zero-order valence-electron chi connectivity index (χ0n) is 9.59. The van der Waals surface area contributed by atoms with Gasteiger partial charge in [-0.3, -0.25) is 0 Å². The van der Waals surface area contributed by atoms with Crippen molar-refractivity contribution >= 4 is 5.97 Å². The van der Waals surface area contributed by atoms with Crippen LogP contribution in [0.4, 0.5) is 0 Å². The second kappa shape index (κ2) is 4.60. The van der Waals surface area contributed by atoms with E-state index in [-0.39, 0.29) is 5.57 Å². The summed E-state index contributed by atoms with van der Waals surface area (Å²) in [4.78, 5) is 11.6. The van der Waals surface area contributed by atoms with Gasteiger partial charge in [-0.1, -0.05) is 6.92 Å². The first-order valence-corrected chi connectivity index (χ1v) is 5.76. The maximum atomic E-state index is 11.6. The van der Waals surface area contributed by atoms with Gasteiger partial charge in [0.1, 0.15) is 11.9 Å². The van der Waals surface area contributed by atoms with Crippen molar-refractivity contribution in [1.82, 2.24) is 0 Å². The van der Waals surface area contributed by atoms with E-state index in [2.05, 4.69) is 0 Å². The van der Waals surface area contributed by atoms with Gasteiger partial charge in [-0.25, -0.2) is 4.79 Å². The highest BCUT2D eigenvalue weighted by atomic mass is 16.5. The first kappa shape index (κ1) is 12.3. The van der Waals surface area contributed by atoms with Gasteiger partial charge < -0.3 is 20.1 Å². The van der Waals surface area contributed by atoms with Gasteiger partial charge in [0.05, 0.1) is 17.8 Å². The maximum Gasteiger partial charge on any atom is 0.342 e. The highest BCUT2D eigenvalue weighted by Crippen LogP contribution is 2.37. The van der Waals surface area contributed by atoms with Crippen LogP contribution in [0.2, 0.25) is 0 Å². The first-order chi connectivity index (χ1) is 8.04. The van der Waals surface area contributed by atoms with Crippen LogP contribution in [0, 0.1) is 0 Å². The van der Waals surface area contributed by atoms with Crippen LogP contribution < -0.4 is 0 Å². The Hall–Kier alpha value is -1.17. The molecule has 0 bridgehead atoms. The zero-order valence-corrected chi connectivity index (χ0v) is 9.59. The van der Waals surface area contributed by atoms with Gasteiger partial charge in [-0.2, -0.15) is 0 Å². The van der Waals surface area contributed by atoms with E-state index in [1.54, 1.807) is 0 Å². The molecule has 1 heterocycles. The lowest BCUT2D eigenvalue weighted by molar-refractivity contribution is -0.135. The number of cyclic esters (lactones) is 1. The molecular weight excluding hydrogens is 224 g/mol. The van der Waals surface area contributed by atoms with Crippen molar-refractivity contribution in [2.45, 2.75) is 44.5 Å². The topological polar surface area (TPSA) is 87.0 Å². The molecule has 1 aliphatic carbocycles. The molecule has 3 N–H and O–H groups in total. The van der Waals surface area contributed by atoms with E-state index in [0.29, 0.717) is 30.6 Å². The molecule has 0 radical (unpaired) electrons. The molecule has 0 spiro atoms. The Morgan fingerprint density at radius 3 is 2.88 bits per heavy atom. The fraction of sp³-hybridized carbons (Fsp3) is 0.583. The number of aliphatic hydroxyl groups excluding tert-OH is 3. The minimum absolute atomic E-state index is 0.137. The Balaban J connectivity index is 2.34. The Kier molecular flexibility index (Phi) is 3.33. The number of allylic oxidation sites excluding steroid dienone is 1. The minimum Gasteiger partial charge on any atom is -0.423 e. The van der Waals surface area contributed by atoms with Crippen molar-refractivity contribution in [1.29, 1.82) is 0 Å². The van der Waals surface area contributed by atoms with Gasteiger partial charge in [0.25, 0.3) is 0 Å². The summed E-state index contributed by atoms with van der Waals surface area (Å²) >= 11 is 0.